The molecule has 9 nitrogen and oxygen atoms in total. The Labute approximate surface area is 249 Å². The lowest BCUT2D eigenvalue weighted by molar-refractivity contribution is -0.140. The van der Waals surface area contributed by atoms with Crippen LogP contribution in [0.15, 0.2) is 83.8 Å². The Morgan fingerprint density at radius 1 is 0.881 bits per heavy atom. The molecule has 0 saturated carbocycles. The first-order valence-corrected chi connectivity index (χ1v) is 15.3. The number of rotatable bonds is 13. The number of methoxy groups -OCH3 is 2. The number of nitrogens with zero attached hydrogens (tertiary/aromatic N) is 2. The van der Waals surface area contributed by atoms with Gasteiger partial charge in [0.15, 0.2) is 11.5 Å². The van der Waals surface area contributed by atoms with E-state index in [9.17, 15) is 18.0 Å². The molecule has 10 heteroatoms. The standard InChI is InChI=1S/C32H41N3O6S/c1-7-27(31(37)33-32(2,3)4)34(21-20-24-14-10-8-11-15-24)30(36)23-35(42(38,39)26-16-12-9-13-17-26)25-18-19-28(40-5)29(22-25)41-6/h8-19,22,27H,7,20-21,23H2,1-6H3,(H,33,37)/t27-/m0/s1. The second kappa shape index (κ2) is 14.2. The third-order valence-corrected chi connectivity index (χ3v) is 8.42. The molecule has 2 amide bonds. The number of carbonyl (C=O) groups excluding carboxylic acids is 2. The Morgan fingerprint density at radius 2 is 1.48 bits per heavy atom. The van der Waals surface area contributed by atoms with Gasteiger partial charge in [0.25, 0.3) is 10.0 Å². The summed E-state index contributed by atoms with van der Waals surface area (Å²) in [5.74, 6) is -0.0715. The largest absolute Gasteiger partial charge is 0.493 e. The van der Waals surface area contributed by atoms with E-state index in [0.717, 1.165) is 9.87 Å². The lowest BCUT2D eigenvalue weighted by Gasteiger charge is -2.34. The summed E-state index contributed by atoms with van der Waals surface area (Å²) in [6, 6.07) is 21.4. The van der Waals surface area contributed by atoms with Crippen molar-refractivity contribution in [1.82, 2.24) is 10.2 Å². The molecular formula is C32H41N3O6S. The van der Waals surface area contributed by atoms with E-state index in [4.69, 9.17) is 9.47 Å². The van der Waals surface area contributed by atoms with Crippen LogP contribution in [0.4, 0.5) is 5.69 Å². The van der Waals surface area contributed by atoms with Gasteiger partial charge in [0.1, 0.15) is 12.6 Å². The molecule has 3 rings (SSSR count). The number of hydrogen-bond donors (Lipinski definition) is 1. The first kappa shape index (κ1) is 32.5. The number of nitrogens with one attached hydrogen (secondary N) is 1. The minimum Gasteiger partial charge on any atom is -0.493 e. The van der Waals surface area contributed by atoms with Crippen molar-refractivity contribution in [2.24, 2.45) is 0 Å². The molecule has 0 aromatic heterocycles. The Bertz CT molecular complexity index is 1440. The summed E-state index contributed by atoms with van der Waals surface area (Å²) in [7, 11) is -1.25. The number of carbonyl (C=O) groups is 2. The molecule has 0 fully saturated rings. The third-order valence-electron chi connectivity index (χ3n) is 6.63. The number of amides is 2. The maximum Gasteiger partial charge on any atom is 0.264 e. The zero-order chi connectivity index (χ0) is 30.9. The summed E-state index contributed by atoms with van der Waals surface area (Å²) in [6.45, 7) is 7.16. The van der Waals surface area contributed by atoms with Crippen LogP contribution in [-0.2, 0) is 26.0 Å². The van der Waals surface area contributed by atoms with Crippen LogP contribution in [0, 0.1) is 0 Å². The molecule has 0 radical (unpaired) electrons. The third kappa shape index (κ3) is 8.25. The minimum atomic E-state index is -4.19. The van der Waals surface area contributed by atoms with E-state index >= 15 is 0 Å². The second-order valence-electron chi connectivity index (χ2n) is 10.9. The molecule has 0 aliphatic rings. The fraction of sp³-hybridized carbons (Fsp3) is 0.375. The Morgan fingerprint density at radius 3 is 2.02 bits per heavy atom. The quantitative estimate of drug-likeness (QED) is 0.308. The van der Waals surface area contributed by atoms with Gasteiger partial charge in [-0.1, -0.05) is 55.5 Å². The van der Waals surface area contributed by atoms with Crippen LogP contribution in [0.2, 0.25) is 0 Å². The minimum absolute atomic E-state index is 0.0286. The van der Waals surface area contributed by atoms with Gasteiger partial charge in [0.05, 0.1) is 24.8 Å². The number of benzene rings is 3. The van der Waals surface area contributed by atoms with Crippen molar-refractivity contribution in [2.45, 2.75) is 57.0 Å². The van der Waals surface area contributed by atoms with Crippen molar-refractivity contribution < 1.29 is 27.5 Å². The molecular weight excluding hydrogens is 554 g/mol. The second-order valence-corrected chi connectivity index (χ2v) is 12.7. The van der Waals surface area contributed by atoms with Gasteiger partial charge in [-0.25, -0.2) is 8.42 Å². The van der Waals surface area contributed by atoms with Crippen LogP contribution >= 0.6 is 0 Å². The number of anilines is 1. The van der Waals surface area contributed by atoms with E-state index in [1.807, 2.05) is 58.0 Å². The molecule has 3 aromatic carbocycles. The number of ether oxygens (including phenoxy) is 2. The average Bonchev–Trinajstić information content (AvgIpc) is 2.97. The normalized spacial score (nSPS) is 12.2. The van der Waals surface area contributed by atoms with Gasteiger partial charge in [-0.15, -0.1) is 0 Å². The molecule has 0 bridgehead atoms. The van der Waals surface area contributed by atoms with Crippen molar-refractivity contribution in [2.75, 3.05) is 31.6 Å². The van der Waals surface area contributed by atoms with Crippen LogP contribution < -0.4 is 19.1 Å². The van der Waals surface area contributed by atoms with Gasteiger partial charge < -0.3 is 19.7 Å². The molecule has 0 saturated heterocycles. The molecule has 0 heterocycles. The predicted molar refractivity (Wildman–Crippen MR) is 164 cm³/mol. The lowest BCUT2D eigenvalue weighted by atomic mass is 10.1. The fourth-order valence-corrected chi connectivity index (χ4v) is 6.00. The first-order chi connectivity index (χ1) is 19.9. The molecule has 42 heavy (non-hydrogen) atoms. The Hall–Kier alpha value is -4.05. The van der Waals surface area contributed by atoms with Gasteiger partial charge in [0, 0.05) is 18.2 Å². The highest BCUT2D eigenvalue weighted by atomic mass is 32.2. The average molecular weight is 596 g/mol. The van der Waals surface area contributed by atoms with Crippen LogP contribution in [0.3, 0.4) is 0 Å². The zero-order valence-electron chi connectivity index (χ0n) is 25.2. The van der Waals surface area contributed by atoms with Crippen LogP contribution in [0.5, 0.6) is 11.5 Å². The van der Waals surface area contributed by atoms with Gasteiger partial charge in [-0.05, 0) is 63.4 Å². The molecule has 226 valence electrons. The van der Waals surface area contributed by atoms with Crippen molar-refractivity contribution in [3.63, 3.8) is 0 Å². The van der Waals surface area contributed by atoms with Gasteiger partial charge >= 0.3 is 0 Å². The van der Waals surface area contributed by atoms with Crippen LogP contribution in [-0.4, -0.2) is 64.0 Å². The smallest absolute Gasteiger partial charge is 0.264 e. The molecule has 0 unspecified atom stereocenters. The number of sulfonamides is 1. The van der Waals surface area contributed by atoms with E-state index in [1.54, 1.807) is 30.3 Å². The highest BCUT2D eigenvalue weighted by Crippen LogP contribution is 2.34. The summed E-state index contributed by atoms with van der Waals surface area (Å²) in [6.07, 6.45) is 0.845. The van der Waals surface area contributed by atoms with E-state index in [0.29, 0.717) is 24.3 Å². The SMILES string of the molecule is CC[C@@H](C(=O)NC(C)(C)C)N(CCc1ccccc1)C(=O)CN(c1ccc(OC)c(OC)c1)S(=O)(=O)c1ccccc1. The highest BCUT2D eigenvalue weighted by Gasteiger charge is 2.34. The van der Waals surface area contributed by atoms with E-state index in [-0.39, 0.29) is 23.0 Å². The molecule has 3 aromatic rings. The van der Waals surface area contributed by atoms with Crippen molar-refractivity contribution in [1.29, 1.82) is 0 Å². The molecule has 1 atom stereocenters. The maximum absolute atomic E-state index is 14.2. The summed E-state index contributed by atoms with van der Waals surface area (Å²) < 4.78 is 39.8. The summed E-state index contributed by atoms with van der Waals surface area (Å²) >= 11 is 0. The van der Waals surface area contributed by atoms with E-state index in [1.165, 1.54) is 37.3 Å². The number of hydrogen-bond acceptors (Lipinski definition) is 6. The topological polar surface area (TPSA) is 105 Å². The van der Waals surface area contributed by atoms with Gasteiger partial charge in [-0.2, -0.15) is 0 Å². The predicted octanol–water partition coefficient (Wildman–Crippen LogP) is 4.66. The monoisotopic (exact) mass is 595 g/mol. The summed E-state index contributed by atoms with van der Waals surface area (Å²) in [5, 5.41) is 2.98. The van der Waals surface area contributed by atoms with E-state index in [2.05, 4.69) is 5.32 Å². The highest BCUT2D eigenvalue weighted by molar-refractivity contribution is 7.92. The van der Waals surface area contributed by atoms with Gasteiger partial charge in [-0.3, -0.25) is 13.9 Å². The van der Waals surface area contributed by atoms with Crippen molar-refractivity contribution in [3.05, 3.63) is 84.4 Å². The van der Waals surface area contributed by atoms with Crippen molar-refractivity contribution >= 4 is 27.5 Å². The maximum atomic E-state index is 14.2. The van der Waals surface area contributed by atoms with Crippen LogP contribution in [0.1, 0.15) is 39.7 Å². The Kier molecular flexibility index (Phi) is 11.0. The molecule has 0 aliphatic carbocycles. The first-order valence-electron chi connectivity index (χ1n) is 13.9. The summed E-state index contributed by atoms with van der Waals surface area (Å²) in [4.78, 5) is 29.1. The fourth-order valence-electron chi connectivity index (χ4n) is 4.58. The summed E-state index contributed by atoms with van der Waals surface area (Å²) in [5.41, 5.74) is 0.705. The lowest BCUT2D eigenvalue weighted by Crippen LogP contribution is -2.56. The molecule has 0 spiro atoms. The van der Waals surface area contributed by atoms with Crippen molar-refractivity contribution in [3.8, 4) is 11.5 Å². The molecule has 1 N–H and O–H groups in total. The zero-order valence-corrected chi connectivity index (χ0v) is 26.0. The Balaban J connectivity index is 2.06. The van der Waals surface area contributed by atoms with Gasteiger partial charge in [0.2, 0.25) is 11.8 Å². The molecule has 0 aliphatic heterocycles. The van der Waals surface area contributed by atoms with E-state index < -0.39 is 34.1 Å². The van der Waals surface area contributed by atoms with Crippen LogP contribution in [0.25, 0.3) is 0 Å².